The molecule has 2 N–H and O–H groups in total. The third-order valence-corrected chi connectivity index (χ3v) is 4.83. The van der Waals surface area contributed by atoms with Crippen LogP contribution in [0.25, 0.3) is 10.2 Å². The third-order valence-electron chi connectivity index (χ3n) is 3.80. The number of hydrogen-bond donors (Lipinski definition) is 1. The van der Waals surface area contributed by atoms with Crippen molar-refractivity contribution in [1.82, 2.24) is 9.88 Å². The molecule has 5 heteroatoms. The van der Waals surface area contributed by atoms with Crippen molar-refractivity contribution in [2.75, 3.05) is 13.6 Å². The predicted molar refractivity (Wildman–Crippen MR) is 83.5 cm³/mol. The molecule has 2 aromatic rings. The van der Waals surface area contributed by atoms with Gasteiger partial charge in [-0.05, 0) is 25.5 Å². The number of hydrogen-bond acceptors (Lipinski definition) is 4. The number of carbonyl (C=O) groups excluding carboxylic acids is 1. The molecule has 0 saturated heterocycles. The van der Waals surface area contributed by atoms with Crippen LogP contribution in [0.2, 0.25) is 0 Å². The molecule has 1 heterocycles. The Hall–Kier alpha value is -1.46. The minimum Gasteiger partial charge on any atom is -0.338 e. The molecule has 0 radical (unpaired) electrons. The number of rotatable bonds is 5. The molecule has 2 rings (SSSR count). The average Bonchev–Trinajstić information content (AvgIpc) is 2.87. The quantitative estimate of drug-likeness (QED) is 0.921. The molecule has 20 heavy (non-hydrogen) atoms. The number of aromatic nitrogens is 1. The van der Waals surface area contributed by atoms with Crippen LogP contribution in [0.1, 0.15) is 25.3 Å². The van der Waals surface area contributed by atoms with Crippen LogP contribution >= 0.6 is 11.3 Å². The molecule has 0 saturated carbocycles. The largest absolute Gasteiger partial charge is 0.338 e. The second-order valence-corrected chi connectivity index (χ2v) is 6.47. The van der Waals surface area contributed by atoms with Gasteiger partial charge in [-0.1, -0.05) is 19.1 Å². The van der Waals surface area contributed by atoms with E-state index in [4.69, 9.17) is 5.73 Å². The third kappa shape index (κ3) is 2.83. The molecule has 4 nitrogen and oxygen atoms in total. The molecule has 1 amide bonds. The van der Waals surface area contributed by atoms with Gasteiger partial charge in [-0.3, -0.25) is 4.79 Å². The molecule has 1 unspecified atom stereocenters. The summed E-state index contributed by atoms with van der Waals surface area (Å²) in [6.45, 7) is 4.82. The van der Waals surface area contributed by atoms with E-state index in [9.17, 15) is 4.79 Å². The van der Waals surface area contributed by atoms with E-state index < -0.39 is 5.41 Å². The van der Waals surface area contributed by atoms with Crippen molar-refractivity contribution in [3.63, 3.8) is 0 Å². The summed E-state index contributed by atoms with van der Waals surface area (Å²) in [6, 6.07) is 8.02. The van der Waals surface area contributed by atoms with Crippen molar-refractivity contribution in [3.05, 3.63) is 29.3 Å². The number of nitrogens with zero attached hydrogens (tertiary/aromatic N) is 2. The Morgan fingerprint density at radius 2 is 2.15 bits per heavy atom. The maximum atomic E-state index is 12.5. The molecular weight excluding hydrogens is 270 g/mol. The van der Waals surface area contributed by atoms with Crippen molar-refractivity contribution >= 4 is 27.5 Å². The van der Waals surface area contributed by atoms with Gasteiger partial charge < -0.3 is 10.6 Å². The average molecular weight is 291 g/mol. The number of carbonyl (C=O) groups is 1. The number of fused-ring (bicyclic) bond motifs is 1. The number of benzene rings is 1. The van der Waals surface area contributed by atoms with Gasteiger partial charge in [0.2, 0.25) is 5.91 Å². The molecule has 0 aliphatic rings. The van der Waals surface area contributed by atoms with Crippen LogP contribution in [0.15, 0.2) is 24.3 Å². The van der Waals surface area contributed by atoms with E-state index in [0.717, 1.165) is 21.6 Å². The van der Waals surface area contributed by atoms with Gasteiger partial charge in [-0.25, -0.2) is 4.98 Å². The summed E-state index contributed by atoms with van der Waals surface area (Å²) in [7, 11) is 1.82. The highest BCUT2D eigenvalue weighted by molar-refractivity contribution is 7.18. The highest BCUT2D eigenvalue weighted by atomic mass is 32.1. The maximum absolute atomic E-state index is 12.5. The summed E-state index contributed by atoms with van der Waals surface area (Å²) in [5, 5.41) is 0.956. The van der Waals surface area contributed by atoms with E-state index in [1.54, 1.807) is 16.2 Å². The summed E-state index contributed by atoms with van der Waals surface area (Å²) in [5.74, 6) is 0.0850. The van der Waals surface area contributed by atoms with Crippen molar-refractivity contribution in [2.45, 2.75) is 26.8 Å². The van der Waals surface area contributed by atoms with Gasteiger partial charge in [0, 0.05) is 13.6 Å². The monoisotopic (exact) mass is 291 g/mol. The Labute approximate surface area is 123 Å². The lowest BCUT2D eigenvalue weighted by atomic mass is 9.86. The zero-order valence-electron chi connectivity index (χ0n) is 12.2. The SMILES string of the molecule is CCC(C)(CN)C(=O)N(C)Cc1nc2ccccc2s1. The van der Waals surface area contributed by atoms with Crippen molar-refractivity contribution < 1.29 is 4.79 Å². The Balaban J connectivity index is 2.14. The van der Waals surface area contributed by atoms with Crippen LogP contribution in [0.5, 0.6) is 0 Å². The van der Waals surface area contributed by atoms with Crippen LogP contribution in [0.3, 0.4) is 0 Å². The zero-order chi connectivity index (χ0) is 14.8. The summed E-state index contributed by atoms with van der Waals surface area (Å²) in [4.78, 5) is 18.8. The van der Waals surface area contributed by atoms with Crippen LogP contribution < -0.4 is 5.73 Å². The van der Waals surface area contributed by atoms with Gasteiger partial charge in [0.15, 0.2) is 0 Å². The summed E-state index contributed by atoms with van der Waals surface area (Å²) >= 11 is 1.63. The first-order valence-electron chi connectivity index (χ1n) is 6.80. The minimum absolute atomic E-state index is 0.0850. The summed E-state index contributed by atoms with van der Waals surface area (Å²) in [6.07, 6.45) is 0.743. The molecule has 0 fully saturated rings. The van der Waals surface area contributed by atoms with E-state index in [0.29, 0.717) is 13.1 Å². The second-order valence-electron chi connectivity index (χ2n) is 5.35. The van der Waals surface area contributed by atoms with Gasteiger partial charge in [0.1, 0.15) is 5.01 Å². The number of thiazole rings is 1. The fraction of sp³-hybridized carbons (Fsp3) is 0.467. The number of para-hydroxylation sites is 1. The van der Waals surface area contributed by atoms with Crippen LogP contribution in [-0.4, -0.2) is 29.4 Å². The van der Waals surface area contributed by atoms with Crippen LogP contribution in [0.4, 0.5) is 0 Å². The Morgan fingerprint density at radius 1 is 1.45 bits per heavy atom. The lowest BCUT2D eigenvalue weighted by Gasteiger charge is -2.30. The normalized spacial score (nSPS) is 14.2. The zero-order valence-corrected chi connectivity index (χ0v) is 13.0. The lowest BCUT2D eigenvalue weighted by Crippen LogP contribution is -2.44. The molecule has 0 aliphatic heterocycles. The van der Waals surface area contributed by atoms with Crippen LogP contribution in [0, 0.1) is 5.41 Å². The first-order chi connectivity index (χ1) is 9.50. The van der Waals surface area contributed by atoms with E-state index in [-0.39, 0.29) is 5.91 Å². The van der Waals surface area contributed by atoms with Gasteiger partial charge in [-0.2, -0.15) is 0 Å². The number of amides is 1. The highest BCUT2D eigenvalue weighted by Gasteiger charge is 2.32. The Kier molecular flexibility index (Phi) is 4.40. The van der Waals surface area contributed by atoms with Crippen molar-refractivity contribution in [2.24, 2.45) is 11.1 Å². The molecule has 0 spiro atoms. The molecule has 1 aromatic carbocycles. The predicted octanol–water partition coefficient (Wildman–Crippen LogP) is 2.63. The summed E-state index contributed by atoms with van der Waals surface area (Å²) < 4.78 is 1.15. The number of nitrogens with two attached hydrogens (primary N) is 1. The maximum Gasteiger partial charge on any atom is 0.229 e. The van der Waals surface area contributed by atoms with Gasteiger partial charge >= 0.3 is 0 Å². The lowest BCUT2D eigenvalue weighted by molar-refractivity contribution is -0.140. The van der Waals surface area contributed by atoms with E-state index in [2.05, 4.69) is 4.98 Å². The first kappa shape index (κ1) is 14.9. The first-order valence-corrected chi connectivity index (χ1v) is 7.62. The van der Waals surface area contributed by atoms with Crippen LogP contribution in [-0.2, 0) is 11.3 Å². The fourth-order valence-corrected chi connectivity index (χ4v) is 3.13. The van der Waals surface area contributed by atoms with Crippen molar-refractivity contribution in [1.29, 1.82) is 0 Å². The molecule has 1 atom stereocenters. The molecule has 1 aromatic heterocycles. The Bertz CT molecular complexity index is 571. The molecule has 108 valence electrons. The molecule has 0 bridgehead atoms. The standard InChI is InChI=1S/C15H21N3OS/c1-4-15(2,10-16)14(19)18(3)9-13-17-11-7-5-6-8-12(11)20-13/h5-8H,4,9-10,16H2,1-3H3. The van der Waals surface area contributed by atoms with Gasteiger partial charge in [-0.15, -0.1) is 11.3 Å². The highest BCUT2D eigenvalue weighted by Crippen LogP contribution is 2.25. The molecular formula is C15H21N3OS. The summed E-state index contributed by atoms with van der Waals surface area (Å²) in [5.41, 5.74) is 6.26. The smallest absolute Gasteiger partial charge is 0.229 e. The fourth-order valence-electron chi connectivity index (χ4n) is 2.11. The van der Waals surface area contributed by atoms with E-state index in [1.165, 1.54) is 0 Å². The molecule has 0 aliphatic carbocycles. The van der Waals surface area contributed by atoms with E-state index >= 15 is 0 Å². The Morgan fingerprint density at radius 3 is 2.75 bits per heavy atom. The van der Waals surface area contributed by atoms with E-state index in [1.807, 2.05) is 45.2 Å². The van der Waals surface area contributed by atoms with Gasteiger partial charge in [0.05, 0.1) is 22.2 Å². The van der Waals surface area contributed by atoms with Crippen molar-refractivity contribution in [3.8, 4) is 0 Å². The minimum atomic E-state index is -0.481. The topological polar surface area (TPSA) is 59.2 Å². The second kappa shape index (κ2) is 5.89. The van der Waals surface area contributed by atoms with Gasteiger partial charge in [0.25, 0.3) is 0 Å².